The molecule has 2 aromatic heterocycles. The summed E-state index contributed by atoms with van der Waals surface area (Å²) in [5.41, 5.74) is -0.252. The first-order chi connectivity index (χ1) is 7.43. The maximum absolute atomic E-state index is 12.5. The van der Waals surface area contributed by atoms with Crippen LogP contribution in [-0.4, -0.2) is 15.8 Å². The van der Waals surface area contributed by atoms with Gasteiger partial charge in [0.25, 0.3) is 0 Å². The topological polar surface area (TPSA) is 41.2 Å². The van der Waals surface area contributed by atoms with E-state index in [4.69, 9.17) is 5.41 Å². The molecule has 0 aliphatic rings. The van der Waals surface area contributed by atoms with Crippen molar-refractivity contribution in [2.75, 3.05) is 0 Å². The third-order valence-electron chi connectivity index (χ3n) is 2.05. The summed E-state index contributed by atoms with van der Waals surface area (Å²) in [7, 11) is 0. The molecule has 0 amide bonds. The molecule has 0 radical (unpaired) electrons. The number of nitrogens with one attached hydrogen (secondary N) is 1. The van der Waals surface area contributed by atoms with Crippen molar-refractivity contribution in [1.29, 1.82) is 5.41 Å². The third kappa shape index (κ3) is 1.79. The molecule has 0 saturated carbocycles. The first kappa shape index (κ1) is 11.4. The summed E-state index contributed by atoms with van der Waals surface area (Å²) >= 11 is 1.89. The predicted octanol–water partition coefficient (Wildman–Crippen LogP) is 2.96. The summed E-state index contributed by atoms with van der Waals surface area (Å²) in [5.74, 6) is 0. The van der Waals surface area contributed by atoms with Crippen molar-refractivity contribution in [3.8, 4) is 0 Å². The van der Waals surface area contributed by atoms with Gasteiger partial charge in [0.2, 0.25) is 0 Å². The van der Waals surface area contributed by atoms with Gasteiger partial charge in [0, 0.05) is 11.8 Å². The van der Waals surface area contributed by atoms with E-state index in [2.05, 4.69) is 5.10 Å². The van der Waals surface area contributed by atoms with Crippen LogP contribution in [0.3, 0.4) is 0 Å². The molecule has 16 heavy (non-hydrogen) atoms. The summed E-state index contributed by atoms with van der Waals surface area (Å²) < 4.78 is 39.1. The molecule has 0 aliphatic carbocycles. The Morgan fingerprint density at radius 1 is 1.38 bits per heavy atom. The van der Waals surface area contributed by atoms with Crippen LogP contribution >= 0.6 is 22.6 Å². The van der Waals surface area contributed by atoms with E-state index in [1.807, 2.05) is 22.6 Å². The fraction of sp³-hybridized carbons (Fsp3) is 0.111. The second-order valence-electron chi connectivity index (χ2n) is 3.08. The normalized spacial score (nSPS) is 12.0. The molecular weight excluding hydrogens is 334 g/mol. The molecule has 2 rings (SSSR count). The molecule has 2 aromatic rings. The highest BCUT2D eigenvalue weighted by atomic mass is 127. The van der Waals surface area contributed by atoms with Crippen molar-refractivity contribution in [3.63, 3.8) is 0 Å². The molecule has 0 unspecified atom stereocenters. The van der Waals surface area contributed by atoms with Gasteiger partial charge in [0.1, 0.15) is 3.70 Å². The maximum atomic E-state index is 12.5. The molecule has 0 aromatic carbocycles. The van der Waals surface area contributed by atoms with Gasteiger partial charge in [-0.3, -0.25) is 0 Å². The lowest BCUT2D eigenvalue weighted by Crippen LogP contribution is -2.06. The number of hydrogen-bond acceptors (Lipinski definition) is 2. The minimum absolute atomic E-state index is 0.286. The lowest BCUT2D eigenvalue weighted by Gasteiger charge is -2.00. The number of aromatic nitrogens is 2. The van der Waals surface area contributed by atoms with Gasteiger partial charge >= 0.3 is 6.18 Å². The molecule has 0 spiro atoms. The molecule has 0 atom stereocenters. The van der Waals surface area contributed by atoms with Gasteiger partial charge in [-0.15, -0.1) is 0 Å². The number of halogens is 4. The summed E-state index contributed by atoms with van der Waals surface area (Å²) in [6.07, 6.45) is -3.46. The Labute approximate surface area is 102 Å². The van der Waals surface area contributed by atoms with Gasteiger partial charge in [-0.25, -0.2) is 4.52 Å². The first-order valence-electron chi connectivity index (χ1n) is 4.19. The number of pyridine rings is 1. The van der Waals surface area contributed by atoms with E-state index < -0.39 is 11.9 Å². The van der Waals surface area contributed by atoms with Crippen LogP contribution in [0.15, 0.2) is 18.2 Å². The van der Waals surface area contributed by atoms with Crippen LogP contribution in [-0.2, 0) is 6.18 Å². The maximum Gasteiger partial charge on any atom is 0.435 e. The van der Waals surface area contributed by atoms with Gasteiger partial charge in [0.05, 0.1) is 5.52 Å². The van der Waals surface area contributed by atoms with Crippen molar-refractivity contribution >= 4 is 34.3 Å². The van der Waals surface area contributed by atoms with Crippen molar-refractivity contribution in [2.45, 2.75) is 6.18 Å². The Hall–Kier alpha value is -1.12. The Bertz CT molecular complexity index is 559. The largest absolute Gasteiger partial charge is 0.435 e. The number of fused-ring (bicyclic) bond motifs is 1. The van der Waals surface area contributed by atoms with Crippen LogP contribution < -0.4 is 0 Å². The molecule has 0 aliphatic heterocycles. The van der Waals surface area contributed by atoms with Crippen LogP contribution in [0, 0.1) is 9.11 Å². The molecule has 84 valence electrons. The van der Waals surface area contributed by atoms with Crippen LogP contribution in [0.2, 0.25) is 0 Å². The zero-order chi connectivity index (χ0) is 11.9. The average Bonchev–Trinajstić information content (AvgIpc) is 2.63. The molecule has 7 heteroatoms. The number of alkyl halides is 3. The fourth-order valence-corrected chi connectivity index (χ4v) is 1.87. The summed E-state index contributed by atoms with van der Waals surface area (Å²) in [5, 5.41) is 10.6. The lowest BCUT2D eigenvalue weighted by atomic mass is 10.2. The summed E-state index contributed by atoms with van der Waals surface area (Å²) in [6, 6.07) is 4.15. The van der Waals surface area contributed by atoms with E-state index >= 15 is 0 Å². The molecule has 0 fully saturated rings. The lowest BCUT2D eigenvalue weighted by molar-refractivity contribution is -0.141. The van der Waals surface area contributed by atoms with Gasteiger partial charge in [-0.2, -0.15) is 18.3 Å². The van der Waals surface area contributed by atoms with E-state index in [9.17, 15) is 13.2 Å². The monoisotopic (exact) mass is 339 g/mol. The van der Waals surface area contributed by atoms with Gasteiger partial charge < -0.3 is 5.41 Å². The third-order valence-corrected chi connectivity index (χ3v) is 2.87. The van der Waals surface area contributed by atoms with Gasteiger partial charge in [-0.05, 0) is 40.8 Å². The standard InChI is InChI=1S/C9H5F3IN3/c10-9(11,12)7-3-6-5(4-14)1-2-8(13)16(6)15-7/h1-4,14H. The fourth-order valence-electron chi connectivity index (χ4n) is 1.32. The van der Waals surface area contributed by atoms with Crippen LogP contribution in [0.25, 0.3) is 5.52 Å². The Morgan fingerprint density at radius 3 is 2.62 bits per heavy atom. The smallest absolute Gasteiger partial charge is 0.308 e. The molecule has 2 heterocycles. The Balaban J connectivity index is 2.78. The Kier molecular flexibility index (Phi) is 2.64. The minimum Gasteiger partial charge on any atom is -0.308 e. The molecule has 3 nitrogen and oxygen atoms in total. The molecular formula is C9H5F3IN3. The second-order valence-corrected chi connectivity index (χ2v) is 4.19. The summed E-state index contributed by atoms with van der Waals surface area (Å²) in [6.45, 7) is 0. The SMILES string of the molecule is N=Cc1ccc(I)n2nc(C(F)(F)F)cc12. The number of hydrogen-bond donors (Lipinski definition) is 1. The van der Waals surface area contributed by atoms with E-state index in [0.29, 0.717) is 9.26 Å². The van der Waals surface area contributed by atoms with Crippen molar-refractivity contribution in [2.24, 2.45) is 0 Å². The predicted molar refractivity (Wildman–Crippen MR) is 60.8 cm³/mol. The highest BCUT2D eigenvalue weighted by Gasteiger charge is 2.34. The van der Waals surface area contributed by atoms with Crippen LogP contribution in [0.4, 0.5) is 13.2 Å². The average molecular weight is 339 g/mol. The highest BCUT2D eigenvalue weighted by Crippen LogP contribution is 2.29. The van der Waals surface area contributed by atoms with Gasteiger partial charge in [-0.1, -0.05) is 0 Å². The zero-order valence-corrected chi connectivity index (χ0v) is 9.87. The second kappa shape index (κ2) is 3.72. The van der Waals surface area contributed by atoms with E-state index in [1.165, 1.54) is 4.52 Å². The van der Waals surface area contributed by atoms with E-state index in [0.717, 1.165) is 12.3 Å². The number of nitrogens with zero attached hydrogens (tertiary/aromatic N) is 2. The minimum atomic E-state index is -4.46. The first-order valence-corrected chi connectivity index (χ1v) is 5.27. The highest BCUT2D eigenvalue weighted by molar-refractivity contribution is 14.1. The van der Waals surface area contributed by atoms with Crippen LogP contribution in [0.5, 0.6) is 0 Å². The molecule has 0 saturated heterocycles. The number of rotatable bonds is 1. The van der Waals surface area contributed by atoms with E-state index in [1.54, 1.807) is 12.1 Å². The van der Waals surface area contributed by atoms with Crippen LogP contribution in [0.1, 0.15) is 11.3 Å². The molecule has 1 N–H and O–H groups in total. The summed E-state index contributed by atoms with van der Waals surface area (Å²) in [4.78, 5) is 0. The van der Waals surface area contributed by atoms with Crippen molar-refractivity contribution in [3.05, 3.63) is 33.2 Å². The molecule has 0 bridgehead atoms. The van der Waals surface area contributed by atoms with Crippen molar-refractivity contribution in [1.82, 2.24) is 9.61 Å². The Morgan fingerprint density at radius 2 is 2.06 bits per heavy atom. The van der Waals surface area contributed by atoms with Gasteiger partial charge in [0.15, 0.2) is 5.69 Å². The van der Waals surface area contributed by atoms with Crippen molar-refractivity contribution < 1.29 is 13.2 Å². The van der Waals surface area contributed by atoms with E-state index in [-0.39, 0.29) is 5.52 Å². The quantitative estimate of drug-likeness (QED) is 0.485. The zero-order valence-electron chi connectivity index (χ0n) is 7.72.